The van der Waals surface area contributed by atoms with Crippen LogP contribution >= 0.6 is 0 Å². The Hall–Kier alpha value is -1.07. The predicted molar refractivity (Wildman–Crippen MR) is 75.4 cm³/mol. The SMILES string of the molecule is CCCCCCOc1c(C)cc(S(=O)(=O)O)cc1C. The zero-order chi connectivity index (χ0) is 14.5. The molecule has 0 aliphatic carbocycles. The number of unbranched alkanes of at least 4 members (excludes halogenated alkanes) is 3. The normalized spacial score (nSPS) is 11.6. The topological polar surface area (TPSA) is 63.6 Å². The molecule has 108 valence electrons. The van der Waals surface area contributed by atoms with E-state index in [0.717, 1.165) is 24.0 Å². The lowest BCUT2D eigenvalue weighted by Gasteiger charge is -2.13. The molecule has 1 aromatic rings. The van der Waals surface area contributed by atoms with E-state index in [2.05, 4.69) is 6.92 Å². The average Bonchev–Trinajstić information content (AvgIpc) is 2.30. The average molecular weight is 286 g/mol. The predicted octanol–water partition coefficient (Wildman–Crippen LogP) is 3.51. The quantitative estimate of drug-likeness (QED) is 0.615. The Bertz CT molecular complexity index is 497. The first-order chi connectivity index (χ1) is 8.86. The van der Waals surface area contributed by atoms with Crippen molar-refractivity contribution in [2.75, 3.05) is 6.61 Å². The monoisotopic (exact) mass is 286 g/mol. The van der Waals surface area contributed by atoms with Crippen molar-refractivity contribution in [3.63, 3.8) is 0 Å². The van der Waals surface area contributed by atoms with Gasteiger partial charge in [0.15, 0.2) is 0 Å². The van der Waals surface area contributed by atoms with Gasteiger partial charge in [-0.2, -0.15) is 8.42 Å². The lowest BCUT2D eigenvalue weighted by Crippen LogP contribution is -2.04. The summed E-state index contributed by atoms with van der Waals surface area (Å²) in [5.74, 6) is 0.712. The molecule has 19 heavy (non-hydrogen) atoms. The molecule has 5 heteroatoms. The fraction of sp³-hybridized carbons (Fsp3) is 0.571. The molecule has 0 aliphatic rings. The third-order valence-electron chi connectivity index (χ3n) is 2.98. The van der Waals surface area contributed by atoms with Gasteiger partial charge < -0.3 is 4.74 Å². The third-order valence-corrected chi connectivity index (χ3v) is 3.81. The van der Waals surface area contributed by atoms with Gasteiger partial charge in [0.05, 0.1) is 11.5 Å². The summed E-state index contributed by atoms with van der Waals surface area (Å²) in [5, 5.41) is 0. The highest BCUT2D eigenvalue weighted by Gasteiger charge is 2.14. The number of benzene rings is 1. The highest BCUT2D eigenvalue weighted by atomic mass is 32.2. The van der Waals surface area contributed by atoms with E-state index in [0.29, 0.717) is 12.4 Å². The molecule has 0 amide bonds. The lowest BCUT2D eigenvalue weighted by molar-refractivity contribution is 0.301. The van der Waals surface area contributed by atoms with Crippen LogP contribution in [0.15, 0.2) is 17.0 Å². The third kappa shape index (κ3) is 4.84. The second-order valence-corrected chi connectivity index (χ2v) is 6.19. The van der Waals surface area contributed by atoms with Gasteiger partial charge >= 0.3 is 0 Å². The van der Waals surface area contributed by atoms with Crippen LogP contribution in [0.25, 0.3) is 0 Å². The summed E-state index contributed by atoms with van der Waals surface area (Å²) in [6.07, 6.45) is 4.51. The summed E-state index contributed by atoms with van der Waals surface area (Å²) >= 11 is 0. The minimum absolute atomic E-state index is 0.0826. The van der Waals surface area contributed by atoms with Crippen molar-refractivity contribution in [1.82, 2.24) is 0 Å². The number of hydrogen-bond donors (Lipinski definition) is 1. The highest BCUT2D eigenvalue weighted by Crippen LogP contribution is 2.27. The van der Waals surface area contributed by atoms with Crippen molar-refractivity contribution in [2.24, 2.45) is 0 Å². The largest absolute Gasteiger partial charge is 0.493 e. The molecule has 0 heterocycles. The van der Waals surface area contributed by atoms with E-state index in [4.69, 9.17) is 9.29 Å². The highest BCUT2D eigenvalue weighted by molar-refractivity contribution is 7.85. The Labute approximate surface area is 115 Å². The van der Waals surface area contributed by atoms with E-state index < -0.39 is 10.1 Å². The van der Waals surface area contributed by atoms with Gasteiger partial charge in [0.25, 0.3) is 10.1 Å². The summed E-state index contributed by atoms with van der Waals surface area (Å²) < 4.78 is 36.9. The van der Waals surface area contributed by atoms with Crippen LogP contribution in [0, 0.1) is 13.8 Å². The van der Waals surface area contributed by atoms with Crippen LogP contribution in [0.1, 0.15) is 43.7 Å². The Kier molecular flexibility index (Phi) is 5.82. The molecule has 0 unspecified atom stereocenters. The van der Waals surface area contributed by atoms with Crippen LogP contribution in [0.2, 0.25) is 0 Å². The number of ether oxygens (including phenoxy) is 1. The van der Waals surface area contributed by atoms with Crippen LogP contribution in [-0.4, -0.2) is 19.6 Å². The molecule has 0 saturated carbocycles. The molecule has 0 saturated heterocycles. The van der Waals surface area contributed by atoms with E-state index in [9.17, 15) is 8.42 Å². The second-order valence-electron chi connectivity index (χ2n) is 4.77. The van der Waals surface area contributed by atoms with Gasteiger partial charge in [0, 0.05) is 0 Å². The molecule has 1 rings (SSSR count). The van der Waals surface area contributed by atoms with Gasteiger partial charge in [-0.1, -0.05) is 26.2 Å². The molecule has 0 aliphatic heterocycles. The Balaban J connectivity index is 2.75. The lowest BCUT2D eigenvalue weighted by atomic mass is 10.1. The summed E-state index contributed by atoms with van der Waals surface area (Å²) in [6, 6.07) is 2.87. The summed E-state index contributed by atoms with van der Waals surface area (Å²) in [5.41, 5.74) is 1.45. The van der Waals surface area contributed by atoms with Gasteiger partial charge in [-0.25, -0.2) is 0 Å². The molecule has 0 radical (unpaired) electrons. The minimum atomic E-state index is -4.15. The standard InChI is InChI=1S/C14H22O4S/c1-4-5-6-7-8-18-14-11(2)9-13(10-12(14)3)19(15,16)17/h9-10H,4-8H2,1-3H3,(H,15,16,17). The summed E-state index contributed by atoms with van der Waals surface area (Å²) in [7, 11) is -4.15. The Morgan fingerprint density at radius 3 is 2.16 bits per heavy atom. The van der Waals surface area contributed by atoms with Crippen molar-refractivity contribution in [3.05, 3.63) is 23.3 Å². The van der Waals surface area contributed by atoms with Crippen molar-refractivity contribution in [3.8, 4) is 5.75 Å². The fourth-order valence-electron chi connectivity index (χ4n) is 1.99. The number of hydrogen-bond acceptors (Lipinski definition) is 3. The molecule has 0 spiro atoms. The van der Waals surface area contributed by atoms with E-state index in [1.165, 1.54) is 25.0 Å². The Morgan fingerprint density at radius 1 is 1.11 bits per heavy atom. The molecular formula is C14H22O4S. The van der Waals surface area contributed by atoms with Crippen molar-refractivity contribution < 1.29 is 17.7 Å². The smallest absolute Gasteiger partial charge is 0.294 e. The first-order valence-electron chi connectivity index (χ1n) is 6.57. The van der Waals surface area contributed by atoms with E-state index in [1.54, 1.807) is 13.8 Å². The van der Waals surface area contributed by atoms with Crippen LogP contribution in [0.3, 0.4) is 0 Å². The zero-order valence-electron chi connectivity index (χ0n) is 11.8. The van der Waals surface area contributed by atoms with E-state index in [1.807, 2.05) is 0 Å². The second kappa shape index (κ2) is 6.91. The maximum atomic E-state index is 11.1. The van der Waals surface area contributed by atoms with Crippen molar-refractivity contribution in [1.29, 1.82) is 0 Å². The van der Waals surface area contributed by atoms with Crippen molar-refractivity contribution >= 4 is 10.1 Å². The summed E-state index contributed by atoms with van der Waals surface area (Å²) in [6.45, 7) is 6.35. The van der Waals surface area contributed by atoms with Crippen LogP contribution in [0.5, 0.6) is 5.75 Å². The van der Waals surface area contributed by atoms with Gasteiger partial charge in [0.2, 0.25) is 0 Å². The van der Waals surface area contributed by atoms with Crippen LogP contribution in [0.4, 0.5) is 0 Å². The molecule has 1 aromatic carbocycles. The molecule has 1 N–H and O–H groups in total. The van der Waals surface area contributed by atoms with Crippen LogP contribution < -0.4 is 4.74 Å². The number of rotatable bonds is 7. The van der Waals surface area contributed by atoms with Crippen LogP contribution in [-0.2, 0) is 10.1 Å². The maximum Gasteiger partial charge on any atom is 0.294 e. The zero-order valence-corrected chi connectivity index (χ0v) is 12.6. The van der Waals surface area contributed by atoms with Gasteiger partial charge in [-0.05, 0) is 43.5 Å². The molecule has 0 bridgehead atoms. The number of aryl methyl sites for hydroxylation is 2. The first-order valence-corrected chi connectivity index (χ1v) is 8.01. The minimum Gasteiger partial charge on any atom is -0.493 e. The van der Waals surface area contributed by atoms with Gasteiger partial charge in [0.1, 0.15) is 5.75 Å². The van der Waals surface area contributed by atoms with E-state index >= 15 is 0 Å². The molecule has 0 fully saturated rings. The van der Waals surface area contributed by atoms with Crippen molar-refractivity contribution in [2.45, 2.75) is 51.3 Å². The molecular weight excluding hydrogens is 264 g/mol. The molecule has 0 atom stereocenters. The van der Waals surface area contributed by atoms with Gasteiger partial charge in [-0.15, -0.1) is 0 Å². The first kappa shape index (κ1) is 16.0. The van der Waals surface area contributed by atoms with Gasteiger partial charge in [-0.3, -0.25) is 4.55 Å². The molecule has 0 aromatic heterocycles. The van der Waals surface area contributed by atoms with E-state index in [-0.39, 0.29) is 4.90 Å². The maximum absolute atomic E-state index is 11.1. The molecule has 4 nitrogen and oxygen atoms in total. The Morgan fingerprint density at radius 2 is 1.68 bits per heavy atom. The summed E-state index contributed by atoms with van der Waals surface area (Å²) in [4.78, 5) is -0.0826. The fourth-order valence-corrected chi connectivity index (χ4v) is 2.64.